The number of hydrogen-bond acceptors (Lipinski definition) is 3. The second-order valence-corrected chi connectivity index (χ2v) is 5.09. The summed E-state index contributed by atoms with van der Waals surface area (Å²) in [6.07, 6.45) is 2.63. The maximum absolute atomic E-state index is 12.1. The van der Waals surface area contributed by atoms with Crippen molar-refractivity contribution >= 4 is 17.7 Å². The van der Waals surface area contributed by atoms with E-state index in [-0.39, 0.29) is 5.91 Å². The van der Waals surface area contributed by atoms with Gasteiger partial charge >= 0.3 is 0 Å². The van der Waals surface area contributed by atoms with Crippen LogP contribution in [0.25, 0.3) is 0 Å². The average molecular weight is 272 g/mol. The van der Waals surface area contributed by atoms with Crippen LogP contribution in [-0.2, 0) is 0 Å². The monoisotopic (exact) mass is 272 g/mol. The molecule has 0 aliphatic heterocycles. The van der Waals surface area contributed by atoms with Crippen molar-refractivity contribution in [2.45, 2.75) is 23.3 Å². The quantitative estimate of drug-likeness (QED) is 0.907. The number of benzene rings is 1. The van der Waals surface area contributed by atoms with Gasteiger partial charge in [0.25, 0.3) is 5.91 Å². The second kappa shape index (κ2) is 6.95. The fourth-order valence-electron chi connectivity index (χ4n) is 1.58. The maximum atomic E-state index is 12.1. The third-order valence-electron chi connectivity index (χ3n) is 2.51. The first kappa shape index (κ1) is 13.6. The fraction of sp³-hybridized carbons (Fsp3) is 0.200. The third-order valence-corrected chi connectivity index (χ3v) is 3.54. The minimum atomic E-state index is -0.0617. The van der Waals surface area contributed by atoms with Gasteiger partial charge in [-0.05, 0) is 30.7 Å². The lowest BCUT2D eigenvalue weighted by molar-refractivity contribution is 0.0950. The van der Waals surface area contributed by atoms with E-state index in [0.29, 0.717) is 12.1 Å². The van der Waals surface area contributed by atoms with E-state index in [9.17, 15) is 4.79 Å². The summed E-state index contributed by atoms with van der Waals surface area (Å²) in [5.74, 6) is -0.0617. The molecule has 1 N–H and O–H groups in total. The summed E-state index contributed by atoms with van der Waals surface area (Å²) in [5.41, 5.74) is 0.629. The number of nitrogens with zero attached hydrogens (tertiary/aromatic N) is 1. The van der Waals surface area contributed by atoms with Gasteiger partial charge < -0.3 is 5.32 Å². The van der Waals surface area contributed by atoms with Crippen LogP contribution in [0.4, 0.5) is 0 Å². The highest BCUT2D eigenvalue weighted by Crippen LogP contribution is 2.28. The predicted octanol–water partition coefficient (Wildman–Crippen LogP) is 3.37. The third kappa shape index (κ3) is 3.83. The highest BCUT2D eigenvalue weighted by atomic mass is 32.2. The number of amides is 1. The summed E-state index contributed by atoms with van der Waals surface area (Å²) >= 11 is 1.50. The van der Waals surface area contributed by atoms with Crippen molar-refractivity contribution in [1.29, 1.82) is 0 Å². The first-order valence-corrected chi connectivity index (χ1v) is 7.09. The molecule has 98 valence electrons. The molecule has 0 radical (unpaired) electrons. The number of pyridine rings is 1. The van der Waals surface area contributed by atoms with Crippen molar-refractivity contribution in [1.82, 2.24) is 10.3 Å². The van der Waals surface area contributed by atoms with Gasteiger partial charge in [-0.3, -0.25) is 4.79 Å². The molecule has 0 aliphatic carbocycles. The molecular formula is C15H16N2OS. The molecule has 2 aromatic rings. The standard InChI is InChI=1S/C15H16N2OS/c1-2-10-16-14(18)13-9-6-11-17-15(13)19-12-7-4-3-5-8-12/h3-9,11H,2,10H2,1H3,(H,16,18). The summed E-state index contributed by atoms with van der Waals surface area (Å²) < 4.78 is 0. The van der Waals surface area contributed by atoms with Crippen LogP contribution in [0, 0.1) is 0 Å². The summed E-state index contributed by atoms with van der Waals surface area (Å²) in [5, 5.41) is 3.62. The maximum Gasteiger partial charge on any atom is 0.254 e. The van der Waals surface area contributed by atoms with E-state index in [2.05, 4.69) is 10.3 Å². The summed E-state index contributed by atoms with van der Waals surface area (Å²) in [7, 11) is 0. The molecule has 1 amide bonds. The molecule has 1 aromatic heterocycles. The molecule has 3 nitrogen and oxygen atoms in total. The lowest BCUT2D eigenvalue weighted by Crippen LogP contribution is -2.24. The summed E-state index contributed by atoms with van der Waals surface area (Å²) in [6, 6.07) is 13.5. The van der Waals surface area contributed by atoms with Gasteiger partial charge in [0, 0.05) is 17.6 Å². The van der Waals surface area contributed by atoms with E-state index in [0.717, 1.165) is 16.3 Å². The normalized spacial score (nSPS) is 10.2. The van der Waals surface area contributed by atoms with Gasteiger partial charge in [-0.25, -0.2) is 4.98 Å². The minimum absolute atomic E-state index is 0.0617. The van der Waals surface area contributed by atoms with Crippen molar-refractivity contribution < 1.29 is 4.79 Å². The Morgan fingerprint density at radius 3 is 2.74 bits per heavy atom. The molecule has 0 saturated carbocycles. The molecule has 0 bridgehead atoms. The molecule has 2 rings (SSSR count). The van der Waals surface area contributed by atoms with Crippen LogP contribution >= 0.6 is 11.8 Å². The van der Waals surface area contributed by atoms with E-state index in [1.807, 2.05) is 43.3 Å². The van der Waals surface area contributed by atoms with Crippen molar-refractivity contribution in [3.63, 3.8) is 0 Å². The molecule has 0 unspecified atom stereocenters. The lowest BCUT2D eigenvalue weighted by Gasteiger charge is -2.08. The first-order chi connectivity index (χ1) is 9.31. The smallest absolute Gasteiger partial charge is 0.254 e. The van der Waals surface area contributed by atoms with E-state index in [1.165, 1.54) is 11.8 Å². The zero-order valence-electron chi connectivity index (χ0n) is 10.8. The van der Waals surface area contributed by atoms with E-state index in [1.54, 1.807) is 12.3 Å². The van der Waals surface area contributed by atoms with Crippen LogP contribution in [0.3, 0.4) is 0 Å². The molecule has 4 heteroatoms. The topological polar surface area (TPSA) is 42.0 Å². The Kier molecular flexibility index (Phi) is 4.98. The van der Waals surface area contributed by atoms with Crippen LogP contribution in [0.15, 0.2) is 58.6 Å². The molecule has 1 aromatic carbocycles. The van der Waals surface area contributed by atoms with Gasteiger partial charge in [0.2, 0.25) is 0 Å². The second-order valence-electron chi connectivity index (χ2n) is 4.03. The predicted molar refractivity (Wildman–Crippen MR) is 77.4 cm³/mol. The van der Waals surface area contributed by atoms with Crippen molar-refractivity contribution in [3.8, 4) is 0 Å². The van der Waals surface area contributed by atoms with Gasteiger partial charge in [0.1, 0.15) is 5.03 Å². The van der Waals surface area contributed by atoms with Crippen LogP contribution in [0.1, 0.15) is 23.7 Å². The number of hydrogen-bond donors (Lipinski definition) is 1. The molecule has 1 heterocycles. The molecule has 0 fully saturated rings. The fourth-order valence-corrected chi connectivity index (χ4v) is 2.48. The van der Waals surface area contributed by atoms with Gasteiger partial charge in [0.05, 0.1) is 5.56 Å². The van der Waals surface area contributed by atoms with Gasteiger partial charge in [0.15, 0.2) is 0 Å². The highest BCUT2D eigenvalue weighted by Gasteiger charge is 2.12. The largest absolute Gasteiger partial charge is 0.352 e. The van der Waals surface area contributed by atoms with Crippen LogP contribution in [-0.4, -0.2) is 17.4 Å². The zero-order valence-corrected chi connectivity index (χ0v) is 11.6. The molecule has 0 saturated heterocycles. The SMILES string of the molecule is CCCNC(=O)c1cccnc1Sc1ccccc1. The Morgan fingerprint density at radius 2 is 2.00 bits per heavy atom. The summed E-state index contributed by atoms with van der Waals surface area (Å²) in [6.45, 7) is 2.71. The Morgan fingerprint density at radius 1 is 1.21 bits per heavy atom. The number of carbonyl (C=O) groups excluding carboxylic acids is 1. The molecular weight excluding hydrogens is 256 g/mol. The Balaban J connectivity index is 2.19. The Hall–Kier alpha value is -1.81. The highest BCUT2D eigenvalue weighted by molar-refractivity contribution is 7.99. The van der Waals surface area contributed by atoms with Crippen molar-refractivity contribution in [3.05, 3.63) is 54.2 Å². The van der Waals surface area contributed by atoms with Crippen LogP contribution in [0.2, 0.25) is 0 Å². The van der Waals surface area contributed by atoms with Gasteiger partial charge in [-0.2, -0.15) is 0 Å². The molecule has 0 atom stereocenters. The van der Waals surface area contributed by atoms with Crippen molar-refractivity contribution in [2.75, 3.05) is 6.54 Å². The Labute approximate surface area is 117 Å². The lowest BCUT2D eigenvalue weighted by atomic mass is 10.2. The van der Waals surface area contributed by atoms with Crippen molar-refractivity contribution in [2.24, 2.45) is 0 Å². The average Bonchev–Trinajstić information content (AvgIpc) is 2.46. The molecule has 0 spiro atoms. The van der Waals surface area contributed by atoms with Gasteiger partial charge in [-0.1, -0.05) is 36.9 Å². The molecule has 19 heavy (non-hydrogen) atoms. The number of rotatable bonds is 5. The van der Waals surface area contributed by atoms with Gasteiger partial charge in [-0.15, -0.1) is 0 Å². The summed E-state index contributed by atoms with van der Waals surface area (Å²) in [4.78, 5) is 17.4. The number of carbonyl (C=O) groups is 1. The molecule has 0 aliphatic rings. The zero-order chi connectivity index (χ0) is 13.5. The van der Waals surface area contributed by atoms with E-state index < -0.39 is 0 Å². The van der Waals surface area contributed by atoms with Crippen LogP contribution in [0.5, 0.6) is 0 Å². The van der Waals surface area contributed by atoms with E-state index >= 15 is 0 Å². The first-order valence-electron chi connectivity index (χ1n) is 6.27. The van der Waals surface area contributed by atoms with Crippen LogP contribution < -0.4 is 5.32 Å². The number of nitrogens with one attached hydrogen (secondary N) is 1. The number of aromatic nitrogens is 1. The van der Waals surface area contributed by atoms with E-state index in [4.69, 9.17) is 0 Å². The minimum Gasteiger partial charge on any atom is -0.352 e. The Bertz CT molecular complexity index is 543.